The second-order valence-electron chi connectivity index (χ2n) is 4.43. The summed E-state index contributed by atoms with van der Waals surface area (Å²) in [5.41, 5.74) is -1.18. The Hall–Kier alpha value is -0.540. The molecule has 5 nitrogen and oxygen atoms in total. The van der Waals surface area contributed by atoms with Crippen LogP contribution >= 0.6 is 15.9 Å². The zero-order valence-electron chi connectivity index (χ0n) is 9.90. The molecule has 106 valence electrons. The van der Waals surface area contributed by atoms with Crippen LogP contribution in [0.4, 0.5) is 4.39 Å². The van der Waals surface area contributed by atoms with Crippen molar-refractivity contribution in [2.24, 2.45) is 0 Å². The minimum absolute atomic E-state index is 0.0728. The van der Waals surface area contributed by atoms with Crippen molar-refractivity contribution >= 4 is 26.0 Å². The smallest absolute Gasteiger partial charge is 0.241 e. The Morgan fingerprint density at radius 3 is 2.84 bits per heavy atom. The molecular formula is C11H13BrFNO4S. The first-order valence-corrected chi connectivity index (χ1v) is 7.85. The van der Waals surface area contributed by atoms with Crippen LogP contribution in [-0.4, -0.2) is 38.9 Å². The van der Waals surface area contributed by atoms with Crippen LogP contribution in [0.2, 0.25) is 0 Å². The summed E-state index contributed by atoms with van der Waals surface area (Å²) >= 11 is 3.00. The average Bonchev–Trinajstić information content (AvgIpc) is 2.74. The zero-order valence-corrected chi connectivity index (χ0v) is 12.3. The molecular weight excluding hydrogens is 341 g/mol. The number of sulfonamides is 1. The molecule has 1 unspecified atom stereocenters. The van der Waals surface area contributed by atoms with Gasteiger partial charge in [-0.05, 0) is 34.1 Å². The topological polar surface area (TPSA) is 75.6 Å². The monoisotopic (exact) mass is 353 g/mol. The van der Waals surface area contributed by atoms with Crippen LogP contribution in [0.3, 0.4) is 0 Å². The maximum absolute atomic E-state index is 12.9. The van der Waals surface area contributed by atoms with Crippen LogP contribution in [0, 0.1) is 5.82 Å². The number of aliphatic hydroxyl groups is 1. The van der Waals surface area contributed by atoms with Gasteiger partial charge in [0.15, 0.2) is 0 Å². The van der Waals surface area contributed by atoms with E-state index in [1.807, 2.05) is 0 Å². The predicted molar refractivity (Wildman–Crippen MR) is 69.7 cm³/mol. The van der Waals surface area contributed by atoms with E-state index in [9.17, 15) is 17.9 Å². The van der Waals surface area contributed by atoms with Crippen LogP contribution in [0.15, 0.2) is 27.6 Å². The van der Waals surface area contributed by atoms with Gasteiger partial charge in [0, 0.05) is 24.0 Å². The van der Waals surface area contributed by atoms with Crippen LogP contribution in [0.25, 0.3) is 0 Å². The number of rotatable bonds is 4. The lowest BCUT2D eigenvalue weighted by Crippen LogP contribution is -2.43. The summed E-state index contributed by atoms with van der Waals surface area (Å²) in [5, 5.41) is 9.99. The van der Waals surface area contributed by atoms with Crippen molar-refractivity contribution in [3.05, 3.63) is 28.5 Å². The first-order valence-electron chi connectivity index (χ1n) is 5.57. The molecule has 1 saturated heterocycles. The van der Waals surface area contributed by atoms with E-state index in [1.165, 1.54) is 0 Å². The van der Waals surface area contributed by atoms with Crippen molar-refractivity contribution in [3.8, 4) is 0 Å². The molecule has 2 rings (SSSR count). The number of benzene rings is 1. The fraction of sp³-hybridized carbons (Fsp3) is 0.455. The standard InChI is InChI=1S/C11H13BrFNO4S/c12-9-5-8(13)1-2-10(9)19(16,17)14-6-11(15)3-4-18-7-11/h1-2,5,14-15H,3-4,6-7H2. The summed E-state index contributed by atoms with van der Waals surface area (Å²) in [5.74, 6) is -0.534. The first kappa shape index (κ1) is 14.9. The largest absolute Gasteiger partial charge is 0.386 e. The third-order valence-electron chi connectivity index (χ3n) is 2.86. The van der Waals surface area contributed by atoms with Gasteiger partial charge in [0.05, 0.1) is 11.5 Å². The van der Waals surface area contributed by atoms with Gasteiger partial charge in [-0.3, -0.25) is 0 Å². The Morgan fingerprint density at radius 2 is 2.26 bits per heavy atom. The van der Waals surface area contributed by atoms with Gasteiger partial charge >= 0.3 is 0 Å². The van der Waals surface area contributed by atoms with Crippen molar-refractivity contribution in [3.63, 3.8) is 0 Å². The molecule has 0 amide bonds. The van der Waals surface area contributed by atoms with E-state index in [0.29, 0.717) is 13.0 Å². The van der Waals surface area contributed by atoms with Gasteiger partial charge < -0.3 is 9.84 Å². The highest BCUT2D eigenvalue weighted by Crippen LogP contribution is 2.23. The molecule has 19 heavy (non-hydrogen) atoms. The molecule has 1 aromatic rings. The van der Waals surface area contributed by atoms with Gasteiger partial charge in [-0.2, -0.15) is 0 Å². The molecule has 0 spiro atoms. The predicted octanol–water partition coefficient (Wildman–Crippen LogP) is 1.02. The summed E-state index contributed by atoms with van der Waals surface area (Å²) in [6.45, 7) is 0.359. The lowest BCUT2D eigenvalue weighted by molar-refractivity contribution is 0.0314. The number of halogens is 2. The van der Waals surface area contributed by atoms with Crippen LogP contribution in [-0.2, 0) is 14.8 Å². The minimum atomic E-state index is -3.81. The van der Waals surface area contributed by atoms with Crippen molar-refractivity contribution < 1.29 is 22.7 Å². The van der Waals surface area contributed by atoms with E-state index in [1.54, 1.807) is 0 Å². The second kappa shape index (κ2) is 5.45. The molecule has 1 fully saturated rings. The van der Waals surface area contributed by atoms with Crippen molar-refractivity contribution in [1.82, 2.24) is 4.72 Å². The van der Waals surface area contributed by atoms with E-state index in [0.717, 1.165) is 18.2 Å². The molecule has 0 bridgehead atoms. The molecule has 1 atom stereocenters. The van der Waals surface area contributed by atoms with Crippen LogP contribution in [0.1, 0.15) is 6.42 Å². The molecule has 1 aliphatic heterocycles. The summed E-state index contributed by atoms with van der Waals surface area (Å²) in [6.07, 6.45) is 0.375. The molecule has 0 saturated carbocycles. The highest BCUT2D eigenvalue weighted by atomic mass is 79.9. The number of ether oxygens (including phenoxy) is 1. The fourth-order valence-corrected chi connectivity index (χ4v) is 3.90. The number of hydrogen-bond donors (Lipinski definition) is 2. The number of hydrogen-bond acceptors (Lipinski definition) is 4. The Balaban J connectivity index is 2.14. The first-order chi connectivity index (χ1) is 8.82. The molecule has 2 N–H and O–H groups in total. The molecule has 0 aliphatic carbocycles. The van der Waals surface area contributed by atoms with E-state index in [4.69, 9.17) is 4.74 Å². The number of nitrogens with one attached hydrogen (secondary N) is 1. The third kappa shape index (κ3) is 3.51. The summed E-state index contributed by atoms with van der Waals surface area (Å²) in [4.78, 5) is -0.0728. The maximum atomic E-state index is 12.9. The molecule has 0 aromatic heterocycles. The Bertz CT molecular complexity index is 572. The Morgan fingerprint density at radius 1 is 1.53 bits per heavy atom. The Labute approximate surface area is 119 Å². The van der Waals surface area contributed by atoms with Gasteiger partial charge in [0.2, 0.25) is 10.0 Å². The SMILES string of the molecule is O=S(=O)(NCC1(O)CCOC1)c1ccc(F)cc1Br. The van der Waals surface area contributed by atoms with Crippen molar-refractivity contribution in [2.45, 2.75) is 16.9 Å². The molecule has 1 heterocycles. The molecule has 1 aliphatic rings. The minimum Gasteiger partial charge on any atom is -0.386 e. The van der Waals surface area contributed by atoms with E-state index < -0.39 is 21.4 Å². The molecule has 1 aromatic carbocycles. The van der Waals surface area contributed by atoms with E-state index in [-0.39, 0.29) is 22.5 Å². The zero-order chi connectivity index (χ0) is 14.1. The van der Waals surface area contributed by atoms with E-state index >= 15 is 0 Å². The van der Waals surface area contributed by atoms with Crippen LogP contribution < -0.4 is 4.72 Å². The van der Waals surface area contributed by atoms with Gasteiger partial charge in [-0.1, -0.05) is 0 Å². The van der Waals surface area contributed by atoms with Crippen LogP contribution in [0.5, 0.6) is 0 Å². The highest BCUT2D eigenvalue weighted by Gasteiger charge is 2.34. The third-order valence-corrected chi connectivity index (χ3v) is 5.24. The van der Waals surface area contributed by atoms with Gasteiger partial charge in [-0.15, -0.1) is 0 Å². The summed E-state index contributed by atoms with van der Waals surface area (Å²) < 4.78 is 44.5. The van der Waals surface area contributed by atoms with Gasteiger partial charge in [-0.25, -0.2) is 17.5 Å². The highest BCUT2D eigenvalue weighted by molar-refractivity contribution is 9.10. The summed E-state index contributed by atoms with van der Waals surface area (Å²) in [7, 11) is -3.81. The van der Waals surface area contributed by atoms with Gasteiger partial charge in [0.1, 0.15) is 11.4 Å². The second-order valence-corrected chi connectivity index (χ2v) is 7.02. The maximum Gasteiger partial charge on any atom is 0.241 e. The van der Waals surface area contributed by atoms with Gasteiger partial charge in [0.25, 0.3) is 0 Å². The normalized spacial score (nSPS) is 23.7. The average molecular weight is 354 g/mol. The van der Waals surface area contributed by atoms with Crippen molar-refractivity contribution in [1.29, 1.82) is 0 Å². The quantitative estimate of drug-likeness (QED) is 0.847. The van der Waals surface area contributed by atoms with E-state index in [2.05, 4.69) is 20.7 Å². The lowest BCUT2D eigenvalue weighted by Gasteiger charge is -2.20. The fourth-order valence-electron chi connectivity index (χ4n) is 1.74. The lowest BCUT2D eigenvalue weighted by atomic mass is 10.1. The molecule has 8 heteroatoms. The Kier molecular flexibility index (Phi) is 4.26. The summed E-state index contributed by atoms with van der Waals surface area (Å²) in [6, 6.07) is 3.30. The van der Waals surface area contributed by atoms with Crippen molar-refractivity contribution in [2.75, 3.05) is 19.8 Å². The molecule has 0 radical (unpaired) electrons.